The van der Waals surface area contributed by atoms with Crippen LogP contribution in [0.4, 0.5) is 13.6 Å². The van der Waals surface area contributed by atoms with Gasteiger partial charge in [0.05, 0.1) is 19.7 Å². The first-order valence-electron chi connectivity index (χ1n) is 7.32. The molecule has 0 saturated heterocycles. The van der Waals surface area contributed by atoms with Crippen molar-refractivity contribution in [3.05, 3.63) is 65.1 Å². The molecular weight excluding hydrogens is 302 g/mol. The molecule has 0 radical (unpaired) electrons. The summed E-state index contributed by atoms with van der Waals surface area (Å²) < 4.78 is 33.7. The lowest BCUT2D eigenvalue weighted by atomic mass is 10.1. The molecule has 1 amide bonds. The van der Waals surface area contributed by atoms with Gasteiger partial charge in [-0.3, -0.25) is 4.90 Å². The number of rotatable bonds is 3. The van der Waals surface area contributed by atoms with Gasteiger partial charge in [-0.2, -0.15) is 0 Å². The van der Waals surface area contributed by atoms with Gasteiger partial charge in [-0.1, -0.05) is 6.07 Å². The Labute approximate surface area is 132 Å². The van der Waals surface area contributed by atoms with E-state index in [1.807, 2.05) is 22.9 Å². The van der Waals surface area contributed by atoms with Crippen LogP contribution in [-0.2, 0) is 17.8 Å². The minimum Gasteiger partial charge on any atom is -0.449 e. The van der Waals surface area contributed by atoms with Crippen LogP contribution in [-0.4, -0.2) is 22.2 Å². The highest BCUT2D eigenvalue weighted by atomic mass is 19.1. The number of amides is 1. The van der Waals surface area contributed by atoms with Crippen LogP contribution in [0.1, 0.15) is 23.7 Å². The number of aromatic nitrogens is 1. The first-order valence-corrected chi connectivity index (χ1v) is 7.32. The Balaban J connectivity index is 1.83. The topological polar surface area (TPSA) is 34.5 Å². The van der Waals surface area contributed by atoms with Crippen LogP contribution in [0.3, 0.4) is 0 Å². The number of hydrogen-bond acceptors (Lipinski definition) is 2. The maximum atomic E-state index is 13.8. The van der Waals surface area contributed by atoms with Crippen molar-refractivity contribution in [3.63, 3.8) is 0 Å². The average Bonchev–Trinajstić information content (AvgIpc) is 2.92. The van der Waals surface area contributed by atoms with E-state index in [0.29, 0.717) is 18.7 Å². The Morgan fingerprint density at radius 2 is 2.13 bits per heavy atom. The predicted octanol–water partition coefficient (Wildman–Crippen LogP) is 3.76. The Morgan fingerprint density at radius 1 is 1.30 bits per heavy atom. The molecule has 0 aliphatic carbocycles. The lowest BCUT2D eigenvalue weighted by molar-refractivity contribution is 0.119. The van der Waals surface area contributed by atoms with Crippen molar-refractivity contribution < 1.29 is 18.3 Å². The van der Waals surface area contributed by atoms with Crippen LogP contribution < -0.4 is 0 Å². The molecule has 1 aromatic heterocycles. The van der Waals surface area contributed by atoms with Crippen LogP contribution in [0.25, 0.3) is 6.08 Å². The van der Waals surface area contributed by atoms with Gasteiger partial charge in [0.25, 0.3) is 0 Å². The summed E-state index contributed by atoms with van der Waals surface area (Å²) in [5.74, 6) is -1.18. The summed E-state index contributed by atoms with van der Waals surface area (Å²) in [4.78, 5) is 13.3. The third-order valence-electron chi connectivity index (χ3n) is 3.73. The standard InChI is InChI=1S/C17H16F2N2O2/c1-2-23-17(22)21-8-6-12-5-7-20(16(12)11-21)10-13-3-4-14(18)9-15(13)19/h3-9H,2,10-11H2,1H3. The van der Waals surface area contributed by atoms with Gasteiger partial charge in [-0.15, -0.1) is 0 Å². The van der Waals surface area contributed by atoms with Crippen LogP contribution in [0.5, 0.6) is 0 Å². The van der Waals surface area contributed by atoms with E-state index in [2.05, 4.69) is 0 Å². The fraction of sp³-hybridized carbons (Fsp3) is 0.235. The number of benzene rings is 1. The van der Waals surface area contributed by atoms with E-state index in [1.165, 1.54) is 17.0 Å². The first kappa shape index (κ1) is 15.3. The number of nitrogens with zero attached hydrogens (tertiary/aromatic N) is 2. The van der Waals surface area contributed by atoms with Gasteiger partial charge < -0.3 is 9.30 Å². The zero-order chi connectivity index (χ0) is 16.4. The highest BCUT2D eigenvalue weighted by molar-refractivity contribution is 5.72. The van der Waals surface area contributed by atoms with Crippen molar-refractivity contribution in [2.45, 2.75) is 20.0 Å². The number of carbonyl (C=O) groups is 1. The minimum absolute atomic E-state index is 0.270. The van der Waals surface area contributed by atoms with Crippen molar-refractivity contribution in [2.24, 2.45) is 0 Å². The highest BCUT2D eigenvalue weighted by Gasteiger charge is 2.20. The lowest BCUT2D eigenvalue weighted by Gasteiger charge is -2.23. The lowest BCUT2D eigenvalue weighted by Crippen LogP contribution is -2.29. The van der Waals surface area contributed by atoms with E-state index < -0.39 is 17.7 Å². The second kappa shape index (κ2) is 6.24. The van der Waals surface area contributed by atoms with Gasteiger partial charge in [0.2, 0.25) is 0 Å². The summed E-state index contributed by atoms with van der Waals surface area (Å²) in [5.41, 5.74) is 2.24. The van der Waals surface area contributed by atoms with E-state index in [1.54, 1.807) is 13.1 Å². The molecule has 0 saturated carbocycles. The summed E-state index contributed by atoms with van der Waals surface area (Å²) >= 11 is 0. The maximum absolute atomic E-state index is 13.8. The van der Waals surface area contributed by atoms with Crippen LogP contribution >= 0.6 is 0 Å². The van der Waals surface area contributed by atoms with Crippen molar-refractivity contribution in [1.82, 2.24) is 9.47 Å². The number of fused-ring (bicyclic) bond motifs is 1. The normalized spacial score (nSPS) is 13.1. The third-order valence-corrected chi connectivity index (χ3v) is 3.73. The summed E-state index contributed by atoms with van der Waals surface area (Å²) in [5, 5.41) is 0. The van der Waals surface area contributed by atoms with E-state index in [-0.39, 0.29) is 6.54 Å². The van der Waals surface area contributed by atoms with Crippen LogP contribution in [0, 0.1) is 11.6 Å². The zero-order valence-electron chi connectivity index (χ0n) is 12.6. The fourth-order valence-electron chi connectivity index (χ4n) is 2.55. The summed E-state index contributed by atoms with van der Waals surface area (Å²) in [6.45, 7) is 2.67. The smallest absolute Gasteiger partial charge is 0.414 e. The molecule has 23 heavy (non-hydrogen) atoms. The first-order chi connectivity index (χ1) is 11.1. The molecule has 3 rings (SSSR count). The molecule has 1 aliphatic rings. The molecule has 120 valence electrons. The minimum atomic E-state index is -0.600. The largest absolute Gasteiger partial charge is 0.449 e. The number of halogens is 2. The molecule has 0 unspecified atom stereocenters. The molecule has 0 fully saturated rings. The van der Waals surface area contributed by atoms with Gasteiger partial charge in [-0.25, -0.2) is 13.6 Å². The second-order valence-electron chi connectivity index (χ2n) is 5.22. The molecule has 0 atom stereocenters. The van der Waals surface area contributed by atoms with E-state index in [0.717, 1.165) is 17.3 Å². The van der Waals surface area contributed by atoms with Crippen molar-refractivity contribution in [3.8, 4) is 0 Å². The number of carbonyl (C=O) groups excluding carboxylic acids is 1. The molecule has 2 heterocycles. The number of hydrogen-bond donors (Lipinski definition) is 0. The quantitative estimate of drug-likeness (QED) is 0.863. The monoisotopic (exact) mass is 318 g/mol. The highest BCUT2D eigenvalue weighted by Crippen LogP contribution is 2.23. The van der Waals surface area contributed by atoms with Gasteiger partial charge in [-0.05, 0) is 30.7 Å². The average molecular weight is 318 g/mol. The van der Waals surface area contributed by atoms with Gasteiger partial charge >= 0.3 is 6.09 Å². The van der Waals surface area contributed by atoms with E-state index in [9.17, 15) is 13.6 Å². The Bertz CT molecular complexity index is 768. The van der Waals surface area contributed by atoms with Crippen molar-refractivity contribution in [1.29, 1.82) is 0 Å². The second-order valence-corrected chi connectivity index (χ2v) is 5.22. The van der Waals surface area contributed by atoms with Gasteiger partial charge in [0.1, 0.15) is 11.6 Å². The fourth-order valence-corrected chi connectivity index (χ4v) is 2.55. The molecule has 0 bridgehead atoms. The third kappa shape index (κ3) is 3.11. The maximum Gasteiger partial charge on any atom is 0.414 e. The van der Waals surface area contributed by atoms with Crippen LogP contribution in [0.15, 0.2) is 36.7 Å². The summed E-state index contributed by atoms with van der Waals surface area (Å²) in [7, 11) is 0. The molecular formula is C17H16F2N2O2. The van der Waals surface area contributed by atoms with E-state index in [4.69, 9.17) is 4.74 Å². The van der Waals surface area contributed by atoms with Crippen molar-refractivity contribution in [2.75, 3.05) is 6.61 Å². The Morgan fingerprint density at radius 3 is 2.87 bits per heavy atom. The number of ether oxygens (including phenoxy) is 1. The van der Waals surface area contributed by atoms with Crippen LogP contribution in [0.2, 0.25) is 0 Å². The molecule has 6 heteroatoms. The zero-order valence-corrected chi connectivity index (χ0v) is 12.6. The predicted molar refractivity (Wildman–Crippen MR) is 81.5 cm³/mol. The molecule has 1 aliphatic heterocycles. The van der Waals surface area contributed by atoms with Gasteiger partial charge in [0, 0.05) is 29.7 Å². The van der Waals surface area contributed by atoms with Crippen molar-refractivity contribution >= 4 is 12.2 Å². The van der Waals surface area contributed by atoms with Gasteiger partial charge in [0.15, 0.2) is 0 Å². The molecule has 4 nitrogen and oxygen atoms in total. The summed E-state index contributed by atoms with van der Waals surface area (Å²) in [6.07, 6.45) is 4.89. The van der Waals surface area contributed by atoms with E-state index >= 15 is 0 Å². The molecule has 1 aromatic carbocycles. The molecule has 0 spiro atoms. The summed E-state index contributed by atoms with van der Waals surface area (Å²) in [6, 6.07) is 5.43. The SMILES string of the molecule is CCOC(=O)N1C=Cc2ccn(Cc3ccc(F)cc3F)c2C1. The Hall–Kier alpha value is -2.63. The Kier molecular flexibility index (Phi) is 4.14. The molecule has 0 N–H and O–H groups in total. The molecule has 2 aromatic rings.